The molecule has 3 heteroatoms. The van der Waals surface area contributed by atoms with E-state index in [1.54, 1.807) is 6.08 Å². The zero-order valence-electron chi connectivity index (χ0n) is 4.68. The van der Waals surface area contributed by atoms with Gasteiger partial charge < -0.3 is 0 Å². The molecule has 1 aliphatic rings. The summed E-state index contributed by atoms with van der Waals surface area (Å²) in [6.45, 7) is 0. The highest BCUT2D eigenvalue weighted by Crippen LogP contribution is 2.01. The van der Waals surface area contributed by atoms with E-state index >= 15 is 0 Å². The molecule has 2 nitrogen and oxygen atoms in total. The summed E-state index contributed by atoms with van der Waals surface area (Å²) in [5, 5.41) is 1.92. The van der Waals surface area contributed by atoms with Gasteiger partial charge >= 0.3 is 0 Å². The Morgan fingerprint density at radius 2 is 2.62 bits per heavy atom. The number of hydrogen-bond acceptors (Lipinski definition) is 2. The molecule has 0 radical (unpaired) electrons. The van der Waals surface area contributed by atoms with Gasteiger partial charge in [-0.2, -0.15) is 0 Å². The van der Waals surface area contributed by atoms with Crippen LogP contribution in [0.5, 0.6) is 0 Å². The first kappa shape index (κ1) is 5.85. The van der Waals surface area contributed by atoms with Crippen LogP contribution in [0, 0.1) is 0 Å². The summed E-state index contributed by atoms with van der Waals surface area (Å²) in [4.78, 5) is 10.5. The molecule has 0 aromatic heterocycles. The van der Waals surface area contributed by atoms with E-state index in [0.717, 1.165) is 0 Å². The highest BCUT2D eigenvalue weighted by molar-refractivity contribution is 7.98. The van der Waals surface area contributed by atoms with Crippen molar-refractivity contribution in [3.63, 3.8) is 0 Å². The number of carbonyl (C=O) groups is 1. The molecule has 1 rings (SSSR count). The Kier molecular flexibility index (Phi) is 1.70. The Morgan fingerprint density at radius 3 is 2.88 bits per heavy atom. The van der Waals surface area contributed by atoms with Gasteiger partial charge in [-0.05, 0) is 0 Å². The maximum Gasteiger partial charge on any atom is 0.211 e. The van der Waals surface area contributed by atoms with Crippen LogP contribution in [0.15, 0.2) is 11.5 Å². The van der Waals surface area contributed by atoms with Gasteiger partial charge in [0.2, 0.25) is 5.78 Å². The lowest BCUT2D eigenvalue weighted by atomic mass is 10.5. The van der Waals surface area contributed by atoms with Crippen molar-refractivity contribution in [2.75, 3.05) is 12.8 Å². The van der Waals surface area contributed by atoms with Crippen LogP contribution in [0.2, 0.25) is 0 Å². The molecule has 1 aliphatic heterocycles. The highest BCUT2D eigenvalue weighted by Gasteiger charge is 2.23. The first-order valence-corrected chi connectivity index (χ1v) is 3.87. The van der Waals surface area contributed by atoms with Crippen molar-refractivity contribution in [3.8, 4) is 0 Å². The van der Waals surface area contributed by atoms with E-state index < -0.39 is 0 Å². The van der Waals surface area contributed by atoms with Gasteiger partial charge in [0.25, 0.3) is 0 Å². The summed E-state index contributed by atoms with van der Waals surface area (Å²) in [6, 6.07) is 0. The fraction of sp³-hybridized carbons (Fsp3) is 0.400. The van der Waals surface area contributed by atoms with Crippen molar-refractivity contribution in [2.24, 2.45) is 0 Å². The maximum absolute atomic E-state index is 10.5. The minimum Gasteiger partial charge on any atom is -0.289 e. The number of hydrogen-bond donors (Lipinski definition) is 1. The number of carbonyl (C=O) groups excluding carboxylic acids is 1. The van der Waals surface area contributed by atoms with Crippen molar-refractivity contribution in [1.29, 1.82) is 0 Å². The molecule has 0 fully saturated rings. The number of ketones is 1. The van der Waals surface area contributed by atoms with E-state index in [1.807, 2.05) is 12.5 Å². The smallest absolute Gasteiger partial charge is 0.211 e. The molecule has 1 unspecified atom stereocenters. The largest absolute Gasteiger partial charge is 0.289 e. The van der Waals surface area contributed by atoms with E-state index in [2.05, 4.69) is 4.72 Å². The quantitative estimate of drug-likeness (QED) is 0.499. The van der Waals surface area contributed by atoms with Gasteiger partial charge in [0.05, 0.1) is 0 Å². The van der Waals surface area contributed by atoms with Crippen LogP contribution >= 0.6 is 0 Å². The average molecular weight is 130 g/mol. The van der Waals surface area contributed by atoms with Gasteiger partial charge in [-0.3, -0.25) is 4.79 Å². The fourth-order valence-corrected chi connectivity index (χ4v) is 1.64. The molecule has 0 aromatic rings. The van der Waals surface area contributed by atoms with E-state index in [4.69, 9.17) is 0 Å². The molecule has 1 N–H and O–H groups in total. The topological polar surface area (TPSA) is 29.1 Å². The Bertz CT molecular complexity index is 132. The predicted octanol–water partition coefficient (Wildman–Crippen LogP) is -0.165. The maximum atomic E-state index is 10.5. The molecule has 0 aliphatic carbocycles. The van der Waals surface area contributed by atoms with Crippen LogP contribution in [0.3, 0.4) is 0 Å². The Labute approximate surface area is 51.4 Å². The summed E-state index contributed by atoms with van der Waals surface area (Å²) in [5.41, 5.74) is 0. The molecule has 1 atom stereocenters. The Morgan fingerprint density at radius 1 is 1.88 bits per heavy atom. The van der Waals surface area contributed by atoms with E-state index in [-0.39, 0.29) is 16.9 Å². The number of allylic oxidation sites excluding steroid dienone is 1. The zero-order valence-corrected chi connectivity index (χ0v) is 5.49. The monoisotopic (exact) mass is 130 g/mol. The summed E-state index contributed by atoms with van der Waals surface area (Å²) in [6.07, 6.45) is 1.64. The van der Waals surface area contributed by atoms with Gasteiger partial charge in [-0.25, -0.2) is 0 Å². The van der Waals surface area contributed by atoms with Crippen molar-refractivity contribution < 1.29 is 4.79 Å². The van der Waals surface area contributed by atoms with Crippen LogP contribution in [-0.4, -0.2) is 18.6 Å². The van der Waals surface area contributed by atoms with Crippen LogP contribution in [0.25, 0.3) is 0 Å². The molecule has 0 aromatic carbocycles. The first-order chi connectivity index (χ1) is 3.83. The van der Waals surface area contributed by atoms with Crippen molar-refractivity contribution in [2.45, 2.75) is 0 Å². The lowest BCUT2D eigenvalue weighted by Crippen LogP contribution is -2.19. The first-order valence-electron chi connectivity index (χ1n) is 2.41. The van der Waals surface area contributed by atoms with Gasteiger partial charge in [-0.15, -0.1) is 4.72 Å². The third-order valence-electron chi connectivity index (χ3n) is 0.978. The van der Waals surface area contributed by atoms with Crippen LogP contribution < -0.4 is 4.72 Å². The van der Waals surface area contributed by atoms with Crippen LogP contribution in [0.1, 0.15) is 0 Å². The fourth-order valence-electron chi connectivity index (χ4n) is 0.548. The average Bonchev–Trinajstić information content (AvgIpc) is 2.14. The van der Waals surface area contributed by atoms with Gasteiger partial charge in [0.15, 0.2) is 5.75 Å². The van der Waals surface area contributed by atoms with Crippen molar-refractivity contribution in [3.05, 3.63) is 11.5 Å². The van der Waals surface area contributed by atoms with Crippen molar-refractivity contribution >= 4 is 16.9 Å². The standard InChI is InChI=1S/C5H8NOS/c1-6-8-3-2-5(7)4-8/h2-3,6H,4H2,1H3/q+1. The molecule has 44 valence electrons. The molecule has 1 heterocycles. The third kappa shape index (κ3) is 1.11. The SMILES string of the molecule is CN[S+]1C=CC(=O)C1. The van der Waals surface area contributed by atoms with Crippen LogP contribution in [-0.2, 0) is 15.9 Å². The second-order valence-corrected chi connectivity index (χ2v) is 3.37. The summed E-state index contributed by atoms with van der Waals surface area (Å²) >= 11 is 0.0556. The molecular weight excluding hydrogens is 122 g/mol. The molecule has 8 heavy (non-hydrogen) atoms. The second kappa shape index (κ2) is 2.33. The predicted molar refractivity (Wildman–Crippen MR) is 35.4 cm³/mol. The van der Waals surface area contributed by atoms with Gasteiger partial charge in [0.1, 0.15) is 16.5 Å². The molecule has 0 bridgehead atoms. The molecular formula is C5H8NOS+. The van der Waals surface area contributed by atoms with E-state index in [0.29, 0.717) is 5.75 Å². The molecule has 0 amide bonds. The summed E-state index contributed by atoms with van der Waals surface area (Å²) in [7, 11) is 1.87. The lowest BCUT2D eigenvalue weighted by molar-refractivity contribution is -0.112. The Hall–Kier alpha value is -0.280. The number of nitrogens with one attached hydrogen (secondary N) is 1. The molecule has 0 saturated heterocycles. The minimum absolute atomic E-state index is 0.0556. The Balaban J connectivity index is 2.46. The minimum atomic E-state index is 0.0556. The van der Waals surface area contributed by atoms with E-state index in [9.17, 15) is 4.79 Å². The molecule has 0 saturated carbocycles. The van der Waals surface area contributed by atoms with Gasteiger partial charge in [-0.1, -0.05) is 0 Å². The second-order valence-electron chi connectivity index (χ2n) is 1.55. The molecule has 0 spiro atoms. The zero-order chi connectivity index (χ0) is 5.98. The van der Waals surface area contributed by atoms with Crippen LogP contribution in [0.4, 0.5) is 0 Å². The summed E-state index contributed by atoms with van der Waals surface area (Å²) < 4.78 is 3.01. The van der Waals surface area contributed by atoms with E-state index in [1.165, 1.54) is 0 Å². The third-order valence-corrected chi connectivity index (χ3v) is 2.56. The lowest BCUT2D eigenvalue weighted by Gasteiger charge is -1.87. The number of rotatable bonds is 1. The van der Waals surface area contributed by atoms with Crippen molar-refractivity contribution in [1.82, 2.24) is 4.72 Å². The summed E-state index contributed by atoms with van der Waals surface area (Å²) in [5.74, 6) is 0.902. The van der Waals surface area contributed by atoms with Gasteiger partial charge in [0, 0.05) is 13.1 Å². The highest BCUT2D eigenvalue weighted by atomic mass is 32.2. The normalized spacial score (nSPS) is 27.1.